The van der Waals surface area contributed by atoms with Crippen molar-refractivity contribution in [1.29, 1.82) is 0 Å². The fraction of sp³-hybridized carbons (Fsp3) is 0.364. The van der Waals surface area contributed by atoms with E-state index in [0.29, 0.717) is 5.56 Å². The Morgan fingerprint density at radius 2 is 2.00 bits per heavy atom. The van der Waals surface area contributed by atoms with Gasteiger partial charge in [-0.05, 0) is 31.5 Å². The molecule has 0 bridgehead atoms. The third-order valence-electron chi connectivity index (χ3n) is 2.45. The molecule has 0 fully saturated rings. The molecule has 1 aromatic rings. The summed E-state index contributed by atoms with van der Waals surface area (Å²) in [5.74, 6) is -1.12. The van der Waals surface area contributed by atoms with Crippen LogP contribution in [-0.2, 0) is 14.6 Å². The standard InChI is InChI=1S/C11H14FNO3S/c1-7-4-5-9(6-10(7)12)13-11(14)8(2)17(3,15)16/h4-6,8H,1-3H3,(H,13,14). The smallest absolute Gasteiger partial charge is 0.242 e. The Morgan fingerprint density at radius 3 is 2.47 bits per heavy atom. The predicted octanol–water partition coefficient (Wildman–Crippen LogP) is 1.51. The summed E-state index contributed by atoms with van der Waals surface area (Å²) >= 11 is 0. The van der Waals surface area contributed by atoms with Gasteiger partial charge in [0.1, 0.15) is 11.1 Å². The SMILES string of the molecule is Cc1ccc(NC(=O)C(C)S(C)(=O)=O)cc1F. The first-order chi connectivity index (χ1) is 7.71. The number of benzene rings is 1. The van der Waals surface area contributed by atoms with Gasteiger partial charge in [-0.2, -0.15) is 0 Å². The molecule has 1 N–H and O–H groups in total. The summed E-state index contributed by atoms with van der Waals surface area (Å²) in [5.41, 5.74) is 0.702. The fourth-order valence-corrected chi connectivity index (χ4v) is 1.56. The van der Waals surface area contributed by atoms with Crippen molar-refractivity contribution in [3.8, 4) is 0 Å². The van der Waals surface area contributed by atoms with Gasteiger partial charge in [0.05, 0.1) is 0 Å². The topological polar surface area (TPSA) is 63.2 Å². The van der Waals surface area contributed by atoms with Crippen LogP contribution in [-0.4, -0.2) is 25.8 Å². The first kappa shape index (κ1) is 13.6. The molecule has 1 amide bonds. The highest BCUT2D eigenvalue weighted by molar-refractivity contribution is 7.92. The van der Waals surface area contributed by atoms with Gasteiger partial charge in [0.25, 0.3) is 0 Å². The Bertz CT molecular complexity index is 540. The summed E-state index contributed by atoms with van der Waals surface area (Å²) in [5, 5.41) is 1.20. The molecule has 4 nitrogen and oxygen atoms in total. The maximum Gasteiger partial charge on any atom is 0.242 e. The van der Waals surface area contributed by atoms with Crippen LogP contribution in [0.4, 0.5) is 10.1 Å². The number of hydrogen-bond donors (Lipinski definition) is 1. The molecule has 6 heteroatoms. The summed E-state index contributed by atoms with van der Waals surface area (Å²) in [6.07, 6.45) is 0.979. The molecule has 1 unspecified atom stereocenters. The van der Waals surface area contributed by atoms with Gasteiger partial charge >= 0.3 is 0 Å². The Balaban J connectivity index is 2.85. The van der Waals surface area contributed by atoms with Crippen LogP contribution in [0, 0.1) is 12.7 Å². The Morgan fingerprint density at radius 1 is 1.41 bits per heavy atom. The molecule has 17 heavy (non-hydrogen) atoms. The maximum absolute atomic E-state index is 13.2. The molecule has 1 atom stereocenters. The van der Waals surface area contributed by atoms with Gasteiger partial charge < -0.3 is 5.32 Å². The highest BCUT2D eigenvalue weighted by Gasteiger charge is 2.23. The van der Waals surface area contributed by atoms with Crippen molar-refractivity contribution in [3.63, 3.8) is 0 Å². The van der Waals surface area contributed by atoms with Crippen molar-refractivity contribution in [2.24, 2.45) is 0 Å². The molecule has 0 aliphatic rings. The van der Waals surface area contributed by atoms with Crippen molar-refractivity contribution in [3.05, 3.63) is 29.6 Å². The molecular weight excluding hydrogens is 245 g/mol. The predicted molar refractivity (Wildman–Crippen MR) is 64.1 cm³/mol. The minimum atomic E-state index is -3.45. The van der Waals surface area contributed by atoms with E-state index in [1.165, 1.54) is 19.1 Å². The van der Waals surface area contributed by atoms with Gasteiger partial charge in [-0.3, -0.25) is 4.79 Å². The van der Waals surface area contributed by atoms with E-state index >= 15 is 0 Å². The minimum Gasteiger partial charge on any atom is -0.325 e. The van der Waals surface area contributed by atoms with E-state index in [2.05, 4.69) is 5.32 Å². The number of hydrogen-bond acceptors (Lipinski definition) is 3. The van der Waals surface area contributed by atoms with Gasteiger partial charge in [-0.25, -0.2) is 12.8 Å². The lowest BCUT2D eigenvalue weighted by atomic mass is 10.2. The zero-order chi connectivity index (χ0) is 13.2. The van der Waals surface area contributed by atoms with Gasteiger partial charge in [-0.15, -0.1) is 0 Å². The van der Waals surface area contributed by atoms with Crippen LogP contribution in [0.2, 0.25) is 0 Å². The van der Waals surface area contributed by atoms with Gasteiger partial charge in [0.15, 0.2) is 9.84 Å². The van der Waals surface area contributed by atoms with Crippen LogP contribution in [0.1, 0.15) is 12.5 Å². The number of carbonyl (C=O) groups is 1. The molecular formula is C11H14FNO3S. The summed E-state index contributed by atoms with van der Waals surface area (Å²) in [6.45, 7) is 2.88. The second kappa shape index (κ2) is 4.83. The second-order valence-corrected chi connectivity index (χ2v) is 6.29. The van der Waals surface area contributed by atoms with Crippen molar-refractivity contribution in [2.45, 2.75) is 19.1 Å². The lowest BCUT2D eigenvalue weighted by Crippen LogP contribution is -2.31. The van der Waals surface area contributed by atoms with Crippen LogP contribution in [0.15, 0.2) is 18.2 Å². The fourth-order valence-electron chi connectivity index (χ4n) is 1.11. The summed E-state index contributed by atoms with van der Waals surface area (Å²) < 4.78 is 35.5. The first-order valence-corrected chi connectivity index (χ1v) is 6.93. The van der Waals surface area contributed by atoms with Crippen molar-refractivity contribution in [2.75, 3.05) is 11.6 Å². The Kier molecular flexibility index (Phi) is 3.87. The van der Waals surface area contributed by atoms with Gasteiger partial charge in [-0.1, -0.05) is 6.07 Å². The second-order valence-electron chi connectivity index (χ2n) is 3.92. The monoisotopic (exact) mass is 259 g/mol. The third kappa shape index (κ3) is 3.52. The molecule has 1 rings (SSSR count). The molecule has 0 aromatic heterocycles. The number of amides is 1. The highest BCUT2D eigenvalue weighted by Crippen LogP contribution is 2.14. The molecule has 0 heterocycles. The van der Waals surface area contributed by atoms with Crippen LogP contribution in [0.5, 0.6) is 0 Å². The molecule has 0 radical (unpaired) electrons. The number of aryl methyl sites for hydroxylation is 1. The van der Waals surface area contributed by atoms with Crippen LogP contribution < -0.4 is 5.32 Å². The van der Waals surface area contributed by atoms with Crippen LogP contribution >= 0.6 is 0 Å². The van der Waals surface area contributed by atoms with E-state index in [4.69, 9.17) is 0 Å². The van der Waals surface area contributed by atoms with Crippen LogP contribution in [0.25, 0.3) is 0 Å². The van der Waals surface area contributed by atoms with E-state index in [9.17, 15) is 17.6 Å². The zero-order valence-electron chi connectivity index (χ0n) is 9.82. The van der Waals surface area contributed by atoms with Crippen molar-refractivity contribution in [1.82, 2.24) is 0 Å². The normalized spacial score (nSPS) is 13.2. The number of nitrogens with one attached hydrogen (secondary N) is 1. The number of rotatable bonds is 3. The van der Waals surface area contributed by atoms with Gasteiger partial charge in [0, 0.05) is 11.9 Å². The number of anilines is 1. The lowest BCUT2D eigenvalue weighted by molar-refractivity contribution is -0.115. The summed E-state index contributed by atoms with van der Waals surface area (Å²) in [6, 6.07) is 4.18. The maximum atomic E-state index is 13.2. The zero-order valence-corrected chi connectivity index (χ0v) is 10.6. The van der Waals surface area contributed by atoms with Crippen molar-refractivity contribution >= 4 is 21.4 Å². The minimum absolute atomic E-state index is 0.244. The summed E-state index contributed by atoms with van der Waals surface area (Å²) in [4.78, 5) is 11.5. The Hall–Kier alpha value is -1.43. The molecule has 0 saturated heterocycles. The number of carbonyl (C=O) groups excluding carboxylic acids is 1. The largest absolute Gasteiger partial charge is 0.325 e. The summed E-state index contributed by atoms with van der Waals surface area (Å²) in [7, 11) is -3.45. The Labute approximate surface area is 99.8 Å². The number of halogens is 1. The third-order valence-corrected chi connectivity index (χ3v) is 3.95. The van der Waals surface area contributed by atoms with E-state index < -0.39 is 26.8 Å². The highest BCUT2D eigenvalue weighted by atomic mass is 32.2. The van der Waals surface area contributed by atoms with E-state index in [1.807, 2.05) is 0 Å². The quantitative estimate of drug-likeness (QED) is 0.894. The van der Waals surface area contributed by atoms with Crippen LogP contribution in [0.3, 0.4) is 0 Å². The van der Waals surface area contributed by atoms with Gasteiger partial charge in [0.2, 0.25) is 5.91 Å². The molecule has 0 aliphatic heterocycles. The number of sulfone groups is 1. The first-order valence-electron chi connectivity index (χ1n) is 4.97. The van der Waals surface area contributed by atoms with E-state index in [0.717, 1.165) is 12.3 Å². The average Bonchev–Trinajstić information content (AvgIpc) is 2.21. The lowest BCUT2D eigenvalue weighted by Gasteiger charge is -2.10. The molecule has 0 spiro atoms. The average molecular weight is 259 g/mol. The van der Waals surface area contributed by atoms with E-state index in [-0.39, 0.29) is 5.69 Å². The molecule has 94 valence electrons. The molecule has 1 aromatic carbocycles. The molecule has 0 saturated carbocycles. The molecule has 0 aliphatic carbocycles. The van der Waals surface area contributed by atoms with Crippen molar-refractivity contribution < 1.29 is 17.6 Å². The van der Waals surface area contributed by atoms with E-state index in [1.54, 1.807) is 6.92 Å².